The lowest BCUT2D eigenvalue weighted by Crippen LogP contribution is -2.62. The zero-order valence-corrected chi connectivity index (χ0v) is 25.4. The van der Waals surface area contributed by atoms with E-state index in [0.29, 0.717) is 25.4 Å². The summed E-state index contributed by atoms with van der Waals surface area (Å²) < 4.78 is 16.2. The number of nitrogens with zero attached hydrogens (tertiary/aromatic N) is 3. The van der Waals surface area contributed by atoms with E-state index >= 15 is 0 Å². The molecule has 42 heavy (non-hydrogen) atoms. The number of hydrogen-bond donors (Lipinski definition) is 1. The van der Waals surface area contributed by atoms with Crippen molar-refractivity contribution >= 4 is 11.8 Å². The molecule has 1 N–H and O–H groups in total. The summed E-state index contributed by atoms with van der Waals surface area (Å²) in [6, 6.07) is 7.42. The fourth-order valence-corrected chi connectivity index (χ4v) is 7.91. The number of aliphatic hydroxyl groups is 1. The molecule has 3 fully saturated rings. The van der Waals surface area contributed by atoms with Crippen molar-refractivity contribution in [3.63, 3.8) is 0 Å². The van der Waals surface area contributed by atoms with E-state index in [2.05, 4.69) is 6.92 Å². The Bertz CT molecular complexity index is 1360. The summed E-state index contributed by atoms with van der Waals surface area (Å²) in [4.78, 5) is 43.7. The zero-order valence-electron chi connectivity index (χ0n) is 25.4. The number of carbonyl (C=O) groups is 2. The molecule has 1 saturated heterocycles. The number of benzene rings is 1. The van der Waals surface area contributed by atoms with Gasteiger partial charge in [-0.3, -0.25) is 14.4 Å². The zero-order chi connectivity index (χ0) is 30.1. The normalized spacial score (nSPS) is 23.2. The summed E-state index contributed by atoms with van der Waals surface area (Å²) in [5, 5.41) is 12.3. The van der Waals surface area contributed by atoms with Crippen LogP contribution in [0.15, 0.2) is 41.3 Å². The number of piperidine rings is 1. The van der Waals surface area contributed by atoms with Gasteiger partial charge in [0.1, 0.15) is 5.82 Å². The minimum Gasteiger partial charge on any atom is -0.387 e. The van der Waals surface area contributed by atoms with Crippen molar-refractivity contribution < 1.29 is 19.1 Å². The monoisotopic (exact) mass is 579 g/mol. The maximum absolute atomic E-state index is 14.8. The van der Waals surface area contributed by atoms with Crippen molar-refractivity contribution in [2.24, 2.45) is 17.3 Å². The Kier molecular flexibility index (Phi) is 8.93. The molecule has 3 aliphatic rings. The number of pyridine rings is 1. The quantitative estimate of drug-likeness (QED) is 0.471. The highest BCUT2D eigenvalue weighted by Gasteiger charge is 2.55. The molecular formula is C34H46FN3O4. The van der Waals surface area contributed by atoms with Gasteiger partial charge in [0, 0.05) is 61.9 Å². The highest BCUT2D eigenvalue weighted by molar-refractivity contribution is 6.00. The fraction of sp³-hybridized carbons (Fsp3) is 0.618. The topological polar surface area (TPSA) is 82.8 Å². The van der Waals surface area contributed by atoms with Crippen LogP contribution in [0.2, 0.25) is 0 Å². The number of halogens is 1. The number of carbonyl (C=O) groups excluding carboxylic acids is 2. The van der Waals surface area contributed by atoms with Crippen molar-refractivity contribution in [3.8, 4) is 11.1 Å². The summed E-state index contributed by atoms with van der Waals surface area (Å²) in [5.74, 6) is -0.0964. The molecule has 8 heteroatoms. The summed E-state index contributed by atoms with van der Waals surface area (Å²) >= 11 is 0. The molecule has 0 radical (unpaired) electrons. The van der Waals surface area contributed by atoms with E-state index in [9.17, 15) is 23.9 Å². The van der Waals surface area contributed by atoms with E-state index in [-0.39, 0.29) is 41.0 Å². The maximum atomic E-state index is 14.8. The number of hydrogen-bond acceptors (Lipinski definition) is 4. The van der Waals surface area contributed by atoms with Crippen molar-refractivity contribution in [2.75, 3.05) is 27.2 Å². The largest absolute Gasteiger partial charge is 0.387 e. The summed E-state index contributed by atoms with van der Waals surface area (Å²) in [6.07, 6.45) is 12.5. The van der Waals surface area contributed by atoms with Gasteiger partial charge in [0.15, 0.2) is 0 Å². The van der Waals surface area contributed by atoms with Crippen LogP contribution in [-0.2, 0) is 11.3 Å². The number of aromatic nitrogens is 1. The highest BCUT2D eigenvalue weighted by atomic mass is 19.1. The molecular weight excluding hydrogens is 533 g/mol. The lowest BCUT2D eigenvalue weighted by Gasteiger charge is -2.53. The molecule has 2 saturated carbocycles. The Labute approximate surface area is 248 Å². The molecule has 7 nitrogen and oxygen atoms in total. The third kappa shape index (κ3) is 5.92. The number of likely N-dealkylation sites (tertiary alicyclic amines) is 1. The van der Waals surface area contributed by atoms with Crippen LogP contribution in [0.4, 0.5) is 4.39 Å². The maximum Gasteiger partial charge on any atom is 0.255 e. The van der Waals surface area contributed by atoms with Gasteiger partial charge >= 0.3 is 0 Å². The van der Waals surface area contributed by atoms with Crippen molar-refractivity contribution in [1.29, 1.82) is 0 Å². The molecule has 5 rings (SSSR count). The lowest BCUT2D eigenvalue weighted by molar-refractivity contribution is -0.163. The first-order chi connectivity index (χ1) is 20.0. The molecule has 1 spiro atoms. The Morgan fingerprint density at radius 2 is 1.74 bits per heavy atom. The molecule has 2 aromatic rings. The number of rotatable bonds is 7. The minimum absolute atomic E-state index is 0.0246. The van der Waals surface area contributed by atoms with Crippen LogP contribution < -0.4 is 5.56 Å². The second-order valence-electron chi connectivity index (χ2n) is 13.4. The summed E-state index contributed by atoms with van der Waals surface area (Å²) in [5.41, 5.74) is -1.49. The van der Waals surface area contributed by atoms with Crippen molar-refractivity contribution in [1.82, 2.24) is 14.4 Å². The van der Waals surface area contributed by atoms with Gasteiger partial charge < -0.3 is 19.5 Å². The van der Waals surface area contributed by atoms with Gasteiger partial charge in [0.25, 0.3) is 11.5 Å². The second-order valence-corrected chi connectivity index (χ2v) is 13.4. The molecule has 1 aromatic heterocycles. The van der Waals surface area contributed by atoms with Crippen LogP contribution >= 0.6 is 0 Å². The van der Waals surface area contributed by atoms with Crippen LogP contribution in [0, 0.1) is 23.1 Å². The Morgan fingerprint density at radius 1 is 1.05 bits per heavy atom. The predicted molar refractivity (Wildman–Crippen MR) is 162 cm³/mol. The van der Waals surface area contributed by atoms with Crippen LogP contribution in [-0.4, -0.2) is 64.1 Å². The van der Waals surface area contributed by atoms with E-state index in [0.717, 1.165) is 32.1 Å². The van der Waals surface area contributed by atoms with Gasteiger partial charge in [-0.05, 0) is 37.7 Å². The summed E-state index contributed by atoms with van der Waals surface area (Å²) in [6.45, 7) is 3.01. The molecule has 2 amide bonds. The predicted octanol–water partition coefficient (Wildman–Crippen LogP) is 5.49. The van der Waals surface area contributed by atoms with Crippen LogP contribution in [0.5, 0.6) is 0 Å². The number of amides is 2. The highest BCUT2D eigenvalue weighted by Crippen LogP contribution is 2.52. The van der Waals surface area contributed by atoms with Crippen LogP contribution in [0.25, 0.3) is 11.1 Å². The first-order valence-corrected chi connectivity index (χ1v) is 15.8. The molecule has 1 aromatic carbocycles. The van der Waals surface area contributed by atoms with Gasteiger partial charge in [0.05, 0.1) is 17.7 Å². The lowest BCUT2D eigenvalue weighted by atomic mass is 9.65. The van der Waals surface area contributed by atoms with Crippen molar-refractivity contribution in [3.05, 3.63) is 58.3 Å². The van der Waals surface area contributed by atoms with Crippen molar-refractivity contribution in [2.45, 2.75) is 89.7 Å². The Morgan fingerprint density at radius 3 is 2.40 bits per heavy atom. The van der Waals surface area contributed by atoms with E-state index < -0.39 is 22.4 Å². The molecule has 2 aliphatic carbocycles. The molecule has 0 bridgehead atoms. The molecule has 2 atom stereocenters. The average molecular weight is 580 g/mol. The average Bonchev–Trinajstić information content (AvgIpc) is 3.45. The minimum atomic E-state index is -1.21. The smallest absolute Gasteiger partial charge is 0.255 e. The Balaban J connectivity index is 1.42. The van der Waals surface area contributed by atoms with Gasteiger partial charge in [-0.25, -0.2) is 4.39 Å². The van der Waals surface area contributed by atoms with E-state index in [1.165, 1.54) is 59.9 Å². The third-order valence-electron chi connectivity index (χ3n) is 10.3. The van der Waals surface area contributed by atoms with Crippen LogP contribution in [0.1, 0.15) is 87.9 Å². The van der Waals surface area contributed by atoms with E-state index in [4.69, 9.17) is 0 Å². The molecule has 1 aliphatic heterocycles. The van der Waals surface area contributed by atoms with Gasteiger partial charge in [-0.15, -0.1) is 0 Å². The molecule has 2 heterocycles. The standard InChI is InChI=1S/C34H46FN3O4/c1-24(19-25-11-5-4-6-12-25)31(40)37-18-17-34(42,33(22-37)15-9-10-16-33)23-38-21-28(32(41)36(2)3)27(20-30(38)39)26-13-7-8-14-29(26)35/h7-8,13-14,20-21,24-25,42H,4-6,9-12,15-19,22-23H2,1-3H3/t24?,34-/m0/s1. The van der Waals surface area contributed by atoms with E-state index in [1.807, 2.05) is 4.90 Å². The third-order valence-corrected chi connectivity index (χ3v) is 10.3. The Hall–Kier alpha value is -3.00. The van der Waals surface area contributed by atoms with E-state index in [1.54, 1.807) is 32.3 Å². The van der Waals surface area contributed by atoms with Gasteiger partial charge in [-0.1, -0.05) is 70.1 Å². The first kappa shape index (κ1) is 30.5. The fourth-order valence-electron chi connectivity index (χ4n) is 7.91. The second kappa shape index (κ2) is 12.3. The van der Waals surface area contributed by atoms with Gasteiger partial charge in [-0.2, -0.15) is 0 Å². The van der Waals surface area contributed by atoms with Gasteiger partial charge in [0.2, 0.25) is 5.91 Å². The van der Waals surface area contributed by atoms with Crippen LogP contribution in [0.3, 0.4) is 0 Å². The summed E-state index contributed by atoms with van der Waals surface area (Å²) in [7, 11) is 3.23. The molecule has 228 valence electrons. The molecule has 1 unspecified atom stereocenters. The first-order valence-electron chi connectivity index (χ1n) is 15.8. The SMILES string of the molecule is CC(CC1CCCCC1)C(=O)N1CC[C@](O)(Cn2cc(C(=O)N(C)C)c(-c3ccccc3F)cc2=O)C2(CCCC2)C1.